The average molecular weight is 228 g/mol. The van der Waals surface area contributed by atoms with Crippen molar-refractivity contribution in [2.45, 2.75) is 18.8 Å². The van der Waals surface area contributed by atoms with Crippen LogP contribution < -0.4 is 0 Å². The summed E-state index contributed by atoms with van der Waals surface area (Å²) in [4.78, 5) is 0. The van der Waals surface area contributed by atoms with Crippen LogP contribution in [0.4, 0.5) is 4.39 Å². The molecule has 4 heteroatoms. The number of hydrogen-bond donors (Lipinski definition) is 0. The maximum absolute atomic E-state index is 12.7. The molecule has 0 spiro atoms. The van der Waals surface area contributed by atoms with Crippen LogP contribution in [0, 0.1) is 5.82 Å². The molecular formula is C12H17FO3. The third-order valence-corrected chi connectivity index (χ3v) is 2.57. The lowest BCUT2D eigenvalue weighted by Crippen LogP contribution is -2.36. The van der Waals surface area contributed by atoms with Crippen molar-refractivity contribution >= 4 is 0 Å². The Balaban J connectivity index is 2.58. The van der Waals surface area contributed by atoms with Gasteiger partial charge in [0, 0.05) is 27.8 Å². The fraction of sp³-hybridized carbons (Fsp3) is 0.500. The molecule has 3 nitrogen and oxygen atoms in total. The van der Waals surface area contributed by atoms with E-state index in [4.69, 9.17) is 14.2 Å². The molecule has 0 saturated carbocycles. The van der Waals surface area contributed by atoms with Gasteiger partial charge in [-0.2, -0.15) is 0 Å². The molecule has 0 aliphatic carbocycles. The van der Waals surface area contributed by atoms with Gasteiger partial charge in [-0.1, -0.05) is 12.1 Å². The second kappa shape index (κ2) is 5.94. The van der Waals surface area contributed by atoms with Crippen molar-refractivity contribution in [3.63, 3.8) is 0 Å². The summed E-state index contributed by atoms with van der Waals surface area (Å²) in [6.45, 7) is 0. The molecule has 0 unspecified atom stereocenters. The van der Waals surface area contributed by atoms with Gasteiger partial charge in [0.1, 0.15) is 5.82 Å². The molecule has 0 N–H and O–H groups in total. The van der Waals surface area contributed by atoms with Crippen molar-refractivity contribution in [1.82, 2.24) is 0 Å². The Morgan fingerprint density at radius 3 is 1.94 bits per heavy atom. The van der Waals surface area contributed by atoms with Crippen LogP contribution in [-0.2, 0) is 20.6 Å². The van der Waals surface area contributed by atoms with Crippen molar-refractivity contribution in [1.29, 1.82) is 0 Å². The lowest BCUT2D eigenvalue weighted by Gasteiger charge is -2.28. The number of methoxy groups -OCH3 is 3. The van der Waals surface area contributed by atoms with E-state index in [9.17, 15) is 4.39 Å². The van der Waals surface area contributed by atoms with E-state index in [1.807, 2.05) is 0 Å². The van der Waals surface area contributed by atoms with Crippen LogP contribution in [0.25, 0.3) is 0 Å². The highest BCUT2D eigenvalue weighted by Crippen LogP contribution is 2.20. The number of aryl methyl sites for hydroxylation is 1. The van der Waals surface area contributed by atoms with Gasteiger partial charge in [-0.25, -0.2) is 4.39 Å². The maximum Gasteiger partial charge on any atom is 0.282 e. The minimum atomic E-state index is -1.02. The molecule has 0 aliphatic rings. The van der Waals surface area contributed by atoms with Crippen molar-refractivity contribution in [2.24, 2.45) is 0 Å². The van der Waals surface area contributed by atoms with Crippen LogP contribution in [0.5, 0.6) is 0 Å². The van der Waals surface area contributed by atoms with Gasteiger partial charge in [0.15, 0.2) is 0 Å². The van der Waals surface area contributed by atoms with Crippen LogP contribution in [-0.4, -0.2) is 27.3 Å². The van der Waals surface area contributed by atoms with Gasteiger partial charge in [-0.3, -0.25) is 0 Å². The van der Waals surface area contributed by atoms with Gasteiger partial charge < -0.3 is 14.2 Å². The number of hydrogen-bond acceptors (Lipinski definition) is 3. The SMILES string of the molecule is COC(CCc1ccc(F)cc1)(OC)OC. The second-order valence-corrected chi connectivity index (χ2v) is 3.42. The Hall–Kier alpha value is -0.970. The first-order valence-electron chi connectivity index (χ1n) is 5.05. The highest BCUT2D eigenvalue weighted by molar-refractivity contribution is 5.16. The highest BCUT2D eigenvalue weighted by atomic mass is 19.1. The fourth-order valence-corrected chi connectivity index (χ4v) is 1.50. The first kappa shape index (κ1) is 13.1. The van der Waals surface area contributed by atoms with Crippen LogP contribution >= 0.6 is 0 Å². The quantitative estimate of drug-likeness (QED) is 0.699. The summed E-state index contributed by atoms with van der Waals surface area (Å²) >= 11 is 0. The lowest BCUT2D eigenvalue weighted by atomic mass is 10.1. The number of ether oxygens (including phenoxy) is 3. The van der Waals surface area contributed by atoms with Crippen molar-refractivity contribution in [2.75, 3.05) is 21.3 Å². The molecule has 1 rings (SSSR count). The standard InChI is InChI=1S/C12H17FO3/c1-14-12(15-2,16-3)9-8-10-4-6-11(13)7-5-10/h4-7H,8-9H2,1-3H3. The first-order chi connectivity index (χ1) is 7.65. The molecule has 0 radical (unpaired) electrons. The Kier molecular flexibility index (Phi) is 4.86. The van der Waals surface area contributed by atoms with E-state index in [0.29, 0.717) is 12.8 Å². The maximum atomic E-state index is 12.7. The molecule has 0 fully saturated rings. The minimum Gasteiger partial charge on any atom is -0.331 e. The minimum absolute atomic E-state index is 0.236. The van der Waals surface area contributed by atoms with E-state index < -0.39 is 5.97 Å². The first-order valence-corrected chi connectivity index (χ1v) is 5.05. The van der Waals surface area contributed by atoms with E-state index in [2.05, 4.69) is 0 Å². The lowest BCUT2D eigenvalue weighted by molar-refractivity contribution is -0.354. The number of halogens is 1. The van der Waals surface area contributed by atoms with E-state index in [1.54, 1.807) is 12.1 Å². The monoisotopic (exact) mass is 228 g/mol. The molecule has 1 aromatic carbocycles. The molecule has 0 bridgehead atoms. The molecule has 0 aromatic heterocycles. The fourth-order valence-electron chi connectivity index (χ4n) is 1.50. The summed E-state index contributed by atoms with van der Waals surface area (Å²) in [5, 5.41) is 0. The van der Waals surface area contributed by atoms with E-state index in [1.165, 1.54) is 33.5 Å². The number of benzene rings is 1. The zero-order chi connectivity index (χ0) is 12.0. The zero-order valence-electron chi connectivity index (χ0n) is 9.83. The van der Waals surface area contributed by atoms with E-state index >= 15 is 0 Å². The van der Waals surface area contributed by atoms with Crippen LogP contribution in [0.15, 0.2) is 24.3 Å². The summed E-state index contributed by atoms with van der Waals surface area (Å²) in [6, 6.07) is 6.34. The van der Waals surface area contributed by atoms with Crippen molar-refractivity contribution in [3.8, 4) is 0 Å². The second-order valence-electron chi connectivity index (χ2n) is 3.42. The van der Waals surface area contributed by atoms with Gasteiger partial charge in [0.2, 0.25) is 0 Å². The highest BCUT2D eigenvalue weighted by Gasteiger charge is 2.28. The predicted molar refractivity (Wildman–Crippen MR) is 58.5 cm³/mol. The van der Waals surface area contributed by atoms with Crippen molar-refractivity contribution < 1.29 is 18.6 Å². The molecule has 0 amide bonds. The third kappa shape index (κ3) is 3.27. The zero-order valence-corrected chi connectivity index (χ0v) is 9.83. The molecular weight excluding hydrogens is 211 g/mol. The summed E-state index contributed by atoms with van der Waals surface area (Å²) in [7, 11) is 4.58. The van der Waals surface area contributed by atoms with E-state index in [-0.39, 0.29) is 5.82 Å². The molecule has 0 aliphatic heterocycles. The normalized spacial score (nSPS) is 11.8. The summed E-state index contributed by atoms with van der Waals surface area (Å²) in [5.41, 5.74) is 1.01. The van der Waals surface area contributed by atoms with Crippen LogP contribution in [0.1, 0.15) is 12.0 Å². The van der Waals surface area contributed by atoms with Gasteiger partial charge in [0.05, 0.1) is 0 Å². The number of rotatable bonds is 6. The van der Waals surface area contributed by atoms with Gasteiger partial charge >= 0.3 is 0 Å². The Bertz CT molecular complexity index is 298. The van der Waals surface area contributed by atoms with Gasteiger partial charge in [0.25, 0.3) is 5.97 Å². The third-order valence-electron chi connectivity index (χ3n) is 2.57. The topological polar surface area (TPSA) is 27.7 Å². The van der Waals surface area contributed by atoms with Gasteiger partial charge in [-0.05, 0) is 24.1 Å². The van der Waals surface area contributed by atoms with Gasteiger partial charge in [-0.15, -0.1) is 0 Å². The summed E-state index contributed by atoms with van der Waals surface area (Å²) < 4.78 is 28.2. The average Bonchev–Trinajstić information content (AvgIpc) is 2.34. The molecule has 16 heavy (non-hydrogen) atoms. The molecule has 0 atom stereocenters. The summed E-state index contributed by atoms with van der Waals surface area (Å²) in [5.74, 6) is -1.26. The molecule has 1 aromatic rings. The summed E-state index contributed by atoms with van der Waals surface area (Å²) in [6.07, 6.45) is 1.23. The molecule has 0 heterocycles. The smallest absolute Gasteiger partial charge is 0.282 e. The van der Waals surface area contributed by atoms with E-state index in [0.717, 1.165) is 5.56 Å². The van der Waals surface area contributed by atoms with Crippen molar-refractivity contribution in [3.05, 3.63) is 35.6 Å². The Morgan fingerprint density at radius 2 is 1.50 bits per heavy atom. The predicted octanol–water partition coefficient (Wildman–Crippen LogP) is 2.35. The van der Waals surface area contributed by atoms with Crippen LogP contribution in [0.3, 0.4) is 0 Å². The Morgan fingerprint density at radius 1 is 1.00 bits per heavy atom. The molecule has 90 valence electrons. The Labute approximate surface area is 95.1 Å². The molecule has 0 saturated heterocycles. The van der Waals surface area contributed by atoms with Crippen LogP contribution in [0.2, 0.25) is 0 Å². The largest absolute Gasteiger partial charge is 0.331 e.